The van der Waals surface area contributed by atoms with Gasteiger partial charge in [0.05, 0.1) is 25.4 Å². The van der Waals surface area contributed by atoms with Crippen molar-refractivity contribution in [3.63, 3.8) is 0 Å². The number of hydrogen-bond acceptors (Lipinski definition) is 6. The van der Waals surface area contributed by atoms with Gasteiger partial charge in [-0.2, -0.15) is 5.26 Å². The van der Waals surface area contributed by atoms with Crippen LogP contribution in [0, 0.1) is 11.3 Å². The first-order valence-electron chi connectivity index (χ1n) is 7.87. The Labute approximate surface area is 146 Å². The zero-order valence-corrected chi connectivity index (χ0v) is 14.1. The van der Waals surface area contributed by atoms with E-state index in [4.69, 9.17) is 9.47 Å². The van der Waals surface area contributed by atoms with Gasteiger partial charge in [-0.05, 0) is 30.2 Å². The van der Waals surface area contributed by atoms with Crippen molar-refractivity contribution in [1.82, 2.24) is 10.2 Å². The van der Waals surface area contributed by atoms with Crippen molar-refractivity contribution < 1.29 is 9.47 Å². The van der Waals surface area contributed by atoms with Crippen LogP contribution in [0.15, 0.2) is 42.5 Å². The number of rotatable bonds is 6. The molecule has 1 aromatic heterocycles. The van der Waals surface area contributed by atoms with Gasteiger partial charge in [-0.1, -0.05) is 24.3 Å². The van der Waals surface area contributed by atoms with E-state index in [0.717, 1.165) is 22.9 Å². The van der Waals surface area contributed by atoms with Crippen LogP contribution in [0.25, 0.3) is 10.9 Å². The lowest BCUT2D eigenvalue weighted by Gasteiger charge is -2.12. The summed E-state index contributed by atoms with van der Waals surface area (Å²) in [4.78, 5) is 0. The van der Waals surface area contributed by atoms with Crippen molar-refractivity contribution in [2.75, 3.05) is 26.1 Å². The van der Waals surface area contributed by atoms with Gasteiger partial charge in [-0.15, -0.1) is 10.2 Å². The number of nitrogens with one attached hydrogen (secondary N) is 1. The Morgan fingerprint density at radius 1 is 1.04 bits per heavy atom. The van der Waals surface area contributed by atoms with Crippen LogP contribution < -0.4 is 14.8 Å². The van der Waals surface area contributed by atoms with E-state index in [1.807, 2.05) is 42.5 Å². The fourth-order valence-corrected chi connectivity index (χ4v) is 2.68. The highest BCUT2D eigenvalue weighted by atomic mass is 16.5. The van der Waals surface area contributed by atoms with Crippen molar-refractivity contribution in [3.05, 3.63) is 53.7 Å². The highest BCUT2D eigenvalue weighted by Crippen LogP contribution is 2.28. The first kappa shape index (κ1) is 16.5. The average Bonchev–Trinajstić information content (AvgIpc) is 2.67. The summed E-state index contributed by atoms with van der Waals surface area (Å²) in [5.74, 6) is 1.41. The molecule has 2 aromatic carbocycles. The van der Waals surface area contributed by atoms with Gasteiger partial charge in [0.1, 0.15) is 6.07 Å². The van der Waals surface area contributed by atoms with Gasteiger partial charge in [0.25, 0.3) is 0 Å². The monoisotopic (exact) mass is 334 g/mol. The lowest BCUT2D eigenvalue weighted by molar-refractivity contribution is 0.354. The van der Waals surface area contributed by atoms with Crippen LogP contribution in [0.1, 0.15) is 11.3 Å². The van der Waals surface area contributed by atoms with Crippen molar-refractivity contribution in [2.24, 2.45) is 0 Å². The first-order valence-corrected chi connectivity index (χ1v) is 7.87. The standard InChI is InChI=1S/C19H18N4O2/c1-24-17-8-7-13(11-18(17)25-2)9-10-21-19-14-5-3-4-6-15(14)22-23-16(19)12-20/h3-8,11H,9-10H2,1-2H3,(H,21,22). The fraction of sp³-hybridized carbons (Fsp3) is 0.211. The van der Waals surface area contributed by atoms with Crippen LogP contribution in [0.5, 0.6) is 11.5 Å². The molecule has 0 atom stereocenters. The van der Waals surface area contributed by atoms with E-state index in [-0.39, 0.29) is 0 Å². The van der Waals surface area contributed by atoms with E-state index in [1.165, 1.54) is 0 Å². The molecule has 0 unspecified atom stereocenters. The molecule has 0 aliphatic carbocycles. The van der Waals surface area contributed by atoms with Crippen LogP contribution in [0.2, 0.25) is 0 Å². The molecule has 0 fully saturated rings. The summed E-state index contributed by atoms with van der Waals surface area (Å²) in [7, 11) is 3.23. The molecule has 0 amide bonds. The zero-order chi connectivity index (χ0) is 17.6. The highest BCUT2D eigenvalue weighted by molar-refractivity contribution is 5.92. The Morgan fingerprint density at radius 3 is 2.60 bits per heavy atom. The van der Waals surface area contributed by atoms with Crippen molar-refractivity contribution >= 4 is 16.6 Å². The van der Waals surface area contributed by atoms with E-state index < -0.39 is 0 Å². The second-order valence-electron chi connectivity index (χ2n) is 5.42. The SMILES string of the molecule is COc1ccc(CCNc2c(C#N)nnc3ccccc23)cc1OC. The molecule has 1 N–H and O–H groups in total. The summed E-state index contributed by atoms with van der Waals surface area (Å²) in [6.45, 7) is 0.653. The van der Waals surface area contributed by atoms with Gasteiger partial charge in [-0.25, -0.2) is 0 Å². The van der Waals surface area contributed by atoms with Crippen molar-refractivity contribution in [3.8, 4) is 17.6 Å². The minimum Gasteiger partial charge on any atom is -0.493 e. The third-order valence-corrected chi connectivity index (χ3v) is 3.94. The van der Waals surface area contributed by atoms with Gasteiger partial charge in [0, 0.05) is 11.9 Å². The molecular weight excluding hydrogens is 316 g/mol. The molecule has 0 saturated carbocycles. The summed E-state index contributed by atoms with van der Waals surface area (Å²) in [6, 6.07) is 15.6. The number of benzene rings is 2. The maximum absolute atomic E-state index is 9.30. The topological polar surface area (TPSA) is 80.1 Å². The summed E-state index contributed by atoms with van der Waals surface area (Å²) < 4.78 is 10.6. The Hall–Kier alpha value is -3.33. The van der Waals surface area contributed by atoms with Crippen LogP contribution >= 0.6 is 0 Å². The number of ether oxygens (including phenoxy) is 2. The summed E-state index contributed by atoms with van der Waals surface area (Å²) in [5, 5.41) is 21.6. The van der Waals surface area contributed by atoms with Crippen LogP contribution in [0.3, 0.4) is 0 Å². The molecule has 6 nitrogen and oxygen atoms in total. The smallest absolute Gasteiger partial charge is 0.186 e. The van der Waals surface area contributed by atoms with Gasteiger partial charge in [0.2, 0.25) is 0 Å². The maximum Gasteiger partial charge on any atom is 0.186 e. The Morgan fingerprint density at radius 2 is 1.84 bits per heavy atom. The highest BCUT2D eigenvalue weighted by Gasteiger charge is 2.10. The third-order valence-electron chi connectivity index (χ3n) is 3.94. The molecule has 3 rings (SSSR count). The van der Waals surface area contributed by atoms with Crippen molar-refractivity contribution in [2.45, 2.75) is 6.42 Å². The van der Waals surface area contributed by atoms with E-state index in [1.54, 1.807) is 14.2 Å². The van der Waals surface area contributed by atoms with Crippen molar-refractivity contribution in [1.29, 1.82) is 5.26 Å². The lowest BCUT2D eigenvalue weighted by Crippen LogP contribution is -2.08. The zero-order valence-electron chi connectivity index (χ0n) is 14.1. The first-order chi connectivity index (χ1) is 12.3. The minimum atomic E-state index is 0.297. The number of anilines is 1. The molecule has 126 valence electrons. The normalized spacial score (nSPS) is 10.3. The number of nitrogens with zero attached hydrogens (tertiary/aromatic N) is 3. The molecule has 0 saturated heterocycles. The molecule has 0 aliphatic heterocycles. The van der Waals surface area contributed by atoms with Gasteiger partial charge in [-0.3, -0.25) is 0 Å². The molecule has 0 bridgehead atoms. The van der Waals surface area contributed by atoms with Gasteiger partial charge in [0.15, 0.2) is 17.2 Å². The van der Waals surface area contributed by atoms with E-state index in [0.29, 0.717) is 29.4 Å². The molecular formula is C19H18N4O2. The third kappa shape index (κ3) is 3.45. The Bertz CT molecular complexity index is 934. The Balaban J connectivity index is 1.79. The summed E-state index contributed by atoms with van der Waals surface area (Å²) in [6.07, 6.45) is 0.766. The predicted molar refractivity (Wildman–Crippen MR) is 96.0 cm³/mol. The molecule has 0 aliphatic rings. The predicted octanol–water partition coefficient (Wildman–Crippen LogP) is 3.17. The van der Waals surface area contributed by atoms with E-state index in [2.05, 4.69) is 21.6 Å². The summed E-state index contributed by atoms with van der Waals surface area (Å²) in [5.41, 5.74) is 2.88. The molecule has 6 heteroatoms. The van der Waals surface area contributed by atoms with Gasteiger partial charge >= 0.3 is 0 Å². The van der Waals surface area contributed by atoms with Crippen LogP contribution in [-0.2, 0) is 6.42 Å². The fourth-order valence-electron chi connectivity index (χ4n) is 2.68. The minimum absolute atomic E-state index is 0.297. The lowest BCUT2D eigenvalue weighted by atomic mass is 10.1. The largest absolute Gasteiger partial charge is 0.493 e. The number of aromatic nitrogens is 2. The quantitative estimate of drug-likeness (QED) is 0.746. The average molecular weight is 334 g/mol. The Kier molecular flexibility index (Phi) is 4.95. The molecule has 25 heavy (non-hydrogen) atoms. The van der Waals surface area contributed by atoms with Crippen LogP contribution in [0.4, 0.5) is 5.69 Å². The molecule has 1 heterocycles. The number of hydrogen-bond donors (Lipinski definition) is 1. The van der Waals surface area contributed by atoms with E-state index >= 15 is 0 Å². The van der Waals surface area contributed by atoms with E-state index in [9.17, 15) is 5.26 Å². The molecule has 0 radical (unpaired) electrons. The van der Waals surface area contributed by atoms with Crippen LogP contribution in [-0.4, -0.2) is 31.0 Å². The molecule has 3 aromatic rings. The number of fused-ring (bicyclic) bond motifs is 1. The summed E-state index contributed by atoms with van der Waals surface area (Å²) >= 11 is 0. The second-order valence-corrected chi connectivity index (χ2v) is 5.42. The van der Waals surface area contributed by atoms with Gasteiger partial charge < -0.3 is 14.8 Å². The number of methoxy groups -OCH3 is 2. The second kappa shape index (κ2) is 7.49. The number of nitriles is 1. The maximum atomic E-state index is 9.30. The molecule has 0 spiro atoms.